The van der Waals surface area contributed by atoms with Crippen LogP contribution in [0.4, 0.5) is 4.79 Å². The summed E-state index contributed by atoms with van der Waals surface area (Å²) < 4.78 is 0. The van der Waals surface area contributed by atoms with Crippen LogP contribution in [0.1, 0.15) is 40.0 Å². The second kappa shape index (κ2) is 10.0. The number of hydrogen-bond acceptors (Lipinski definition) is 3. The maximum Gasteiger partial charge on any atom is 0.317 e. The minimum Gasteiger partial charge on any atom is -0.481 e. The molecule has 7 nitrogen and oxygen atoms in total. The molecular weight excluding hydrogens is 274 g/mol. The number of amides is 3. The van der Waals surface area contributed by atoms with Crippen molar-refractivity contribution in [2.24, 2.45) is 5.92 Å². The summed E-state index contributed by atoms with van der Waals surface area (Å²) in [6, 6.07) is -0.462. The molecule has 0 saturated heterocycles. The molecular formula is C14H27N3O4. The van der Waals surface area contributed by atoms with Gasteiger partial charge in [0.15, 0.2) is 0 Å². The summed E-state index contributed by atoms with van der Waals surface area (Å²) in [5.74, 6) is -0.672. The van der Waals surface area contributed by atoms with E-state index in [1.54, 1.807) is 7.05 Å². The Morgan fingerprint density at radius 3 is 2.33 bits per heavy atom. The largest absolute Gasteiger partial charge is 0.481 e. The lowest BCUT2D eigenvalue weighted by molar-refractivity contribution is -0.137. The molecule has 0 fully saturated rings. The molecule has 0 saturated carbocycles. The Bertz CT molecular complexity index is 358. The van der Waals surface area contributed by atoms with Gasteiger partial charge in [0.2, 0.25) is 5.91 Å². The first-order chi connectivity index (χ1) is 9.72. The fraction of sp³-hybridized carbons (Fsp3) is 0.786. The Labute approximate surface area is 126 Å². The van der Waals surface area contributed by atoms with Crippen molar-refractivity contribution in [2.75, 3.05) is 20.1 Å². The zero-order valence-electron chi connectivity index (χ0n) is 13.3. The molecule has 7 heteroatoms. The molecule has 0 spiro atoms. The maximum atomic E-state index is 11.8. The highest BCUT2D eigenvalue weighted by atomic mass is 16.4. The predicted molar refractivity (Wildman–Crippen MR) is 80.0 cm³/mol. The van der Waals surface area contributed by atoms with E-state index in [0.29, 0.717) is 25.3 Å². The summed E-state index contributed by atoms with van der Waals surface area (Å²) in [6.07, 6.45) is 1.19. The van der Waals surface area contributed by atoms with E-state index in [2.05, 4.69) is 10.6 Å². The van der Waals surface area contributed by atoms with Crippen LogP contribution in [0, 0.1) is 5.92 Å². The number of carboxylic acid groups (broad SMARTS) is 1. The van der Waals surface area contributed by atoms with Gasteiger partial charge in [-0.3, -0.25) is 9.59 Å². The summed E-state index contributed by atoms with van der Waals surface area (Å²) in [5, 5.41) is 14.0. The second-order valence-electron chi connectivity index (χ2n) is 5.69. The van der Waals surface area contributed by atoms with Crippen molar-refractivity contribution in [1.82, 2.24) is 15.5 Å². The number of rotatable bonds is 9. The van der Waals surface area contributed by atoms with Crippen molar-refractivity contribution in [3.8, 4) is 0 Å². The molecule has 0 radical (unpaired) electrons. The minimum absolute atomic E-state index is 0.000396. The Kier molecular flexibility index (Phi) is 9.16. The average molecular weight is 301 g/mol. The molecule has 3 amide bonds. The maximum absolute atomic E-state index is 11.8. The second-order valence-corrected chi connectivity index (χ2v) is 5.69. The first-order valence-corrected chi connectivity index (χ1v) is 7.22. The fourth-order valence-corrected chi connectivity index (χ4v) is 1.61. The SMILES string of the molecule is CC(C)CNC(=O)CN(C)C(=O)NC(C)CCCC(=O)O. The lowest BCUT2D eigenvalue weighted by Crippen LogP contribution is -2.46. The Balaban J connectivity index is 3.97. The van der Waals surface area contributed by atoms with Crippen LogP contribution in [0.5, 0.6) is 0 Å². The van der Waals surface area contributed by atoms with Crippen LogP contribution in [0.25, 0.3) is 0 Å². The van der Waals surface area contributed by atoms with E-state index in [1.165, 1.54) is 4.90 Å². The van der Waals surface area contributed by atoms with Crippen LogP contribution in [-0.2, 0) is 9.59 Å². The van der Waals surface area contributed by atoms with Crippen LogP contribution in [0.15, 0.2) is 0 Å². The van der Waals surface area contributed by atoms with Gasteiger partial charge < -0.3 is 20.6 Å². The van der Waals surface area contributed by atoms with Crippen molar-refractivity contribution < 1.29 is 19.5 Å². The molecule has 0 heterocycles. The number of hydrogen-bond donors (Lipinski definition) is 3. The van der Waals surface area contributed by atoms with Gasteiger partial charge in [-0.05, 0) is 25.7 Å². The number of likely N-dealkylation sites (N-methyl/N-ethyl adjacent to an activating group) is 1. The highest BCUT2D eigenvalue weighted by Crippen LogP contribution is 2.01. The number of carbonyl (C=O) groups is 3. The number of nitrogens with zero attached hydrogens (tertiary/aromatic N) is 1. The number of carboxylic acids is 1. The van der Waals surface area contributed by atoms with Gasteiger partial charge >= 0.3 is 12.0 Å². The first-order valence-electron chi connectivity index (χ1n) is 7.22. The van der Waals surface area contributed by atoms with Gasteiger partial charge in [-0.1, -0.05) is 13.8 Å². The molecule has 0 aromatic carbocycles. The van der Waals surface area contributed by atoms with E-state index in [-0.39, 0.29) is 30.9 Å². The summed E-state index contributed by atoms with van der Waals surface area (Å²) in [4.78, 5) is 35.2. The molecule has 0 bridgehead atoms. The van der Waals surface area contributed by atoms with Gasteiger partial charge in [0.05, 0.1) is 0 Å². The van der Waals surface area contributed by atoms with E-state index < -0.39 is 5.97 Å². The fourth-order valence-electron chi connectivity index (χ4n) is 1.61. The number of aliphatic carboxylic acids is 1. The normalized spacial score (nSPS) is 11.9. The Hall–Kier alpha value is -1.79. The van der Waals surface area contributed by atoms with Gasteiger partial charge in [-0.2, -0.15) is 0 Å². The van der Waals surface area contributed by atoms with Crippen LogP contribution < -0.4 is 10.6 Å². The molecule has 0 aliphatic carbocycles. The molecule has 0 aliphatic rings. The molecule has 1 atom stereocenters. The summed E-state index contributed by atoms with van der Waals surface area (Å²) in [7, 11) is 1.55. The van der Waals surface area contributed by atoms with Gasteiger partial charge in [0.1, 0.15) is 6.54 Å². The molecule has 0 aliphatic heterocycles. The average Bonchev–Trinajstić information content (AvgIpc) is 2.35. The lowest BCUT2D eigenvalue weighted by Gasteiger charge is -2.21. The minimum atomic E-state index is -0.840. The monoisotopic (exact) mass is 301 g/mol. The number of urea groups is 1. The van der Waals surface area contributed by atoms with Crippen molar-refractivity contribution in [3.63, 3.8) is 0 Å². The predicted octanol–water partition coefficient (Wildman–Crippen LogP) is 1.04. The zero-order valence-corrected chi connectivity index (χ0v) is 13.3. The molecule has 3 N–H and O–H groups in total. The lowest BCUT2D eigenvalue weighted by atomic mass is 10.1. The van der Waals surface area contributed by atoms with Crippen LogP contribution >= 0.6 is 0 Å². The highest BCUT2D eigenvalue weighted by Gasteiger charge is 2.15. The van der Waals surface area contributed by atoms with Gasteiger partial charge in [0, 0.05) is 26.1 Å². The Morgan fingerprint density at radius 1 is 1.19 bits per heavy atom. The van der Waals surface area contributed by atoms with E-state index in [4.69, 9.17) is 5.11 Å². The van der Waals surface area contributed by atoms with Crippen molar-refractivity contribution in [3.05, 3.63) is 0 Å². The van der Waals surface area contributed by atoms with E-state index in [1.807, 2.05) is 20.8 Å². The quantitative estimate of drug-likeness (QED) is 0.592. The first kappa shape index (κ1) is 19.2. The van der Waals surface area contributed by atoms with Gasteiger partial charge in [0.25, 0.3) is 0 Å². The van der Waals surface area contributed by atoms with Crippen molar-refractivity contribution in [2.45, 2.75) is 46.1 Å². The smallest absolute Gasteiger partial charge is 0.317 e. The third kappa shape index (κ3) is 10.6. The van der Waals surface area contributed by atoms with E-state index in [0.717, 1.165) is 0 Å². The van der Waals surface area contributed by atoms with Gasteiger partial charge in [-0.25, -0.2) is 4.79 Å². The third-order valence-electron chi connectivity index (χ3n) is 2.83. The molecule has 0 aromatic heterocycles. The Morgan fingerprint density at radius 2 is 1.81 bits per heavy atom. The zero-order chi connectivity index (χ0) is 16.4. The topological polar surface area (TPSA) is 98.7 Å². The van der Waals surface area contributed by atoms with Crippen molar-refractivity contribution in [1.29, 1.82) is 0 Å². The van der Waals surface area contributed by atoms with E-state index in [9.17, 15) is 14.4 Å². The van der Waals surface area contributed by atoms with Crippen LogP contribution in [0.3, 0.4) is 0 Å². The number of carbonyl (C=O) groups excluding carboxylic acids is 2. The summed E-state index contributed by atoms with van der Waals surface area (Å²) in [5.41, 5.74) is 0. The standard InChI is InChI=1S/C14H27N3O4/c1-10(2)8-15-12(18)9-17(4)14(21)16-11(3)6-5-7-13(19)20/h10-11H,5-9H2,1-4H3,(H,15,18)(H,16,21)(H,19,20). The van der Waals surface area contributed by atoms with Crippen LogP contribution in [-0.4, -0.2) is 54.1 Å². The molecule has 1 unspecified atom stereocenters. The molecule has 0 rings (SSSR count). The molecule has 21 heavy (non-hydrogen) atoms. The van der Waals surface area contributed by atoms with E-state index >= 15 is 0 Å². The summed E-state index contributed by atoms with van der Waals surface area (Å²) >= 11 is 0. The highest BCUT2D eigenvalue weighted by molar-refractivity contribution is 5.83. The number of nitrogens with one attached hydrogen (secondary N) is 2. The summed E-state index contributed by atoms with van der Waals surface area (Å²) in [6.45, 7) is 6.39. The molecule has 122 valence electrons. The van der Waals surface area contributed by atoms with Crippen molar-refractivity contribution >= 4 is 17.9 Å². The third-order valence-corrected chi connectivity index (χ3v) is 2.83. The van der Waals surface area contributed by atoms with Gasteiger partial charge in [-0.15, -0.1) is 0 Å². The molecule has 0 aromatic rings. The van der Waals surface area contributed by atoms with Crippen LogP contribution in [0.2, 0.25) is 0 Å².